The topological polar surface area (TPSA) is 79.5 Å². The molecule has 132 valence electrons. The number of hydrogen-bond donors (Lipinski definition) is 3. The molecule has 2 rings (SSSR count). The molecule has 7 heteroatoms. The van der Waals surface area contributed by atoms with Crippen LogP contribution in [0.5, 0.6) is 5.75 Å². The van der Waals surface area contributed by atoms with Gasteiger partial charge in [-0.1, -0.05) is 17.7 Å². The van der Waals surface area contributed by atoms with Crippen LogP contribution in [0.1, 0.15) is 12.5 Å². The second-order valence-corrected chi connectivity index (χ2v) is 5.81. The van der Waals surface area contributed by atoms with Crippen molar-refractivity contribution in [3.8, 4) is 5.75 Å². The Balaban J connectivity index is 1.75. The van der Waals surface area contributed by atoms with Crippen molar-refractivity contribution in [2.45, 2.75) is 13.8 Å². The third kappa shape index (κ3) is 6.35. The van der Waals surface area contributed by atoms with Crippen LogP contribution in [0.15, 0.2) is 42.5 Å². The van der Waals surface area contributed by atoms with Crippen molar-refractivity contribution in [3.63, 3.8) is 0 Å². The van der Waals surface area contributed by atoms with Crippen LogP contribution >= 0.6 is 11.6 Å². The Morgan fingerprint density at radius 1 is 1.08 bits per heavy atom. The van der Waals surface area contributed by atoms with E-state index < -0.39 is 0 Å². The molecule has 0 fully saturated rings. The highest BCUT2D eigenvalue weighted by Crippen LogP contribution is 2.20. The van der Waals surface area contributed by atoms with Crippen molar-refractivity contribution >= 4 is 34.9 Å². The van der Waals surface area contributed by atoms with E-state index in [0.717, 1.165) is 5.56 Å². The molecule has 0 heterocycles. The Morgan fingerprint density at radius 3 is 2.48 bits per heavy atom. The van der Waals surface area contributed by atoms with Gasteiger partial charge >= 0.3 is 6.03 Å². The highest BCUT2D eigenvalue weighted by Gasteiger charge is 2.03. The molecule has 0 saturated carbocycles. The van der Waals surface area contributed by atoms with E-state index in [1.807, 2.05) is 13.0 Å². The highest BCUT2D eigenvalue weighted by molar-refractivity contribution is 6.31. The Bertz CT molecular complexity index is 765. The number of amides is 3. The number of ether oxygens (including phenoxy) is 1. The minimum absolute atomic E-state index is 0.170. The third-order valence-electron chi connectivity index (χ3n) is 3.23. The molecule has 0 aliphatic carbocycles. The first-order valence-electron chi connectivity index (χ1n) is 7.75. The molecule has 6 nitrogen and oxygen atoms in total. The number of aryl methyl sites for hydroxylation is 1. The maximum absolute atomic E-state index is 11.9. The fourth-order valence-electron chi connectivity index (χ4n) is 2.09. The van der Waals surface area contributed by atoms with Gasteiger partial charge in [0.25, 0.3) is 0 Å². The van der Waals surface area contributed by atoms with Crippen molar-refractivity contribution < 1.29 is 14.3 Å². The van der Waals surface area contributed by atoms with Gasteiger partial charge in [-0.05, 0) is 48.9 Å². The van der Waals surface area contributed by atoms with Gasteiger partial charge in [-0.2, -0.15) is 0 Å². The summed E-state index contributed by atoms with van der Waals surface area (Å²) >= 11 is 5.96. The van der Waals surface area contributed by atoms with Gasteiger partial charge in [-0.3, -0.25) is 4.79 Å². The highest BCUT2D eigenvalue weighted by atomic mass is 35.5. The molecule has 3 amide bonds. The number of rotatable bonds is 6. The van der Waals surface area contributed by atoms with E-state index in [-0.39, 0.29) is 11.9 Å². The summed E-state index contributed by atoms with van der Waals surface area (Å²) in [5.41, 5.74) is 2.13. The zero-order chi connectivity index (χ0) is 18.2. The summed E-state index contributed by atoms with van der Waals surface area (Å²) in [5.74, 6) is 0.531. The van der Waals surface area contributed by atoms with Gasteiger partial charge in [-0.15, -0.1) is 0 Å². The monoisotopic (exact) mass is 361 g/mol. The molecular formula is C18H20ClN3O3. The SMILES string of the molecule is CC(=O)Nc1cccc(NC(=O)NCCOc2ccc(Cl)c(C)c2)c1. The number of urea groups is 1. The Hall–Kier alpha value is -2.73. The van der Waals surface area contributed by atoms with Crippen molar-refractivity contribution in [3.05, 3.63) is 53.1 Å². The number of nitrogens with one attached hydrogen (secondary N) is 3. The minimum Gasteiger partial charge on any atom is -0.492 e. The zero-order valence-electron chi connectivity index (χ0n) is 14.1. The molecule has 25 heavy (non-hydrogen) atoms. The fourth-order valence-corrected chi connectivity index (χ4v) is 2.21. The lowest BCUT2D eigenvalue weighted by molar-refractivity contribution is -0.114. The predicted octanol–water partition coefficient (Wildman–Crippen LogP) is 3.81. The standard InChI is InChI=1S/C18H20ClN3O3/c1-12-10-16(6-7-17(12)19)25-9-8-20-18(24)22-15-5-3-4-14(11-15)21-13(2)23/h3-7,10-11H,8-9H2,1-2H3,(H,21,23)(H2,20,22,24). The molecule has 2 aromatic rings. The molecule has 0 aliphatic rings. The Kier molecular flexibility index (Phi) is 6.65. The maximum Gasteiger partial charge on any atom is 0.319 e. The lowest BCUT2D eigenvalue weighted by Crippen LogP contribution is -2.32. The molecule has 0 atom stereocenters. The molecular weight excluding hydrogens is 342 g/mol. The normalized spacial score (nSPS) is 10.0. The van der Waals surface area contributed by atoms with E-state index >= 15 is 0 Å². The van der Waals surface area contributed by atoms with E-state index in [1.54, 1.807) is 36.4 Å². The molecule has 0 radical (unpaired) electrons. The summed E-state index contributed by atoms with van der Waals surface area (Å²) in [7, 11) is 0. The number of halogens is 1. The van der Waals surface area contributed by atoms with Crippen LogP contribution < -0.4 is 20.7 Å². The van der Waals surface area contributed by atoms with Gasteiger partial charge in [0.1, 0.15) is 12.4 Å². The average Bonchev–Trinajstić information content (AvgIpc) is 2.54. The quantitative estimate of drug-likeness (QED) is 0.684. The number of anilines is 2. The van der Waals surface area contributed by atoms with Gasteiger partial charge in [-0.25, -0.2) is 4.79 Å². The van der Waals surface area contributed by atoms with Crippen LogP contribution in [0.3, 0.4) is 0 Å². The number of benzene rings is 2. The first kappa shape index (κ1) is 18.6. The van der Waals surface area contributed by atoms with Crippen molar-refractivity contribution in [2.24, 2.45) is 0 Å². The van der Waals surface area contributed by atoms with E-state index in [2.05, 4.69) is 16.0 Å². The van der Waals surface area contributed by atoms with Crippen LogP contribution in [0.4, 0.5) is 16.2 Å². The molecule has 3 N–H and O–H groups in total. The summed E-state index contributed by atoms with van der Waals surface area (Å²) in [6, 6.07) is 11.9. The number of carbonyl (C=O) groups is 2. The van der Waals surface area contributed by atoms with E-state index in [4.69, 9.17) is 16.3 Å². The smallest absolute Gasteiger partial charge is 0.319 e. The minimum atomic E-state index is -0.351. The average molecular weight is 362 g/mol. The molecule has 2 aromatic carbocycles. The number of hydrogen-bond acceptors (Lipinski definition) is 3. The van der Waals surface area contributed by atoms with Crippen LogP contribution in [-0.4, -0.2) is 25.1 Å². The molecule has 0 aromatic heterocycles. The predicted molar refractivity (Wildman–Crippen MR) is 99.5 cm³/mol. The first-order chi connectivity index (χ1) is 11.9. The van der Waals surface area contributed by atoms with Gasteiger partial charge in [0.2, 0.25) is 5.91 Å². The van der Waals surface area contributed by atoms with E-state index in [0.29, 0.717) is 35.3 Å². The third-order valence-corrected chi connectivity index (χ3v) is 3.65. The number of carbonyl (C=O) groups excluding carboxylic acids is 2. The first-order valence-corrected chi connectivity index (χ1v) is 8.13. The summed E-state index contributed by atoms with van der Waals surface area (Å²) in [5, 5.41) is 8.74. The van der Waals surface area contributed by atoms with Crippen molar-refractivity contribution in [1.29, 1.82) is 0 Å². The van der Waals surface area contributed by atoms with Gasteiger partial charge in [0, 0.05) is 23.3 Å². The van der Waals surface area contributed by atoms with Gasteiger partial charge in [0.15, 0.2) is 0 Å². The molecule has 0 aliphatic heterocycles. The Labute approximate surface area is 151 Å². The zero-order valence-corrected chi connectivity index (χ0v) is 14.8. The summed E-state index contributed by atoms with van der Waals surface area (Å²) in [6.45, 7) is 4.00. The summed E-state index contributed by atoms with van der Waals surface area (Å²) < 4.78 is 5.56. The fraction of sp³-hybridized carbons (Fsp3) is 0.222. The van der Waals surface area contributed by atoms with Crippen LogP contribution in [0, 0.1) is 6.92 Å². The summed E-state index contributed by atoms with van der Waals surface area (Å²) in [4.78, 5) is 22.9. The van der Waals surface area contributed by atoms with Crippen molar-refractivity contribution in [2.75, 3.05) is 23.8 Å². The Morgan fingerprint density at radius 2 is 1.80 bits per heavy atom. The van der Waals surface area contributed by atoms with Crippen molar-refractivity contribution in [1.82, 2.24) is 5.32 Å². The lowest BCUT2D eigenvalue weighted by Gasteiger charge is -2.10. The maximum atomic E-state index is 11.9. The second kappa shape index (κ2) is 8.94. The molecule has 0 spiro atoms. The molecule has 0 saturated heterocycles. The van der Waals surface area contributed by atoms with E-state index in [1.165, 1.54) is 6.92 Å². The lowest BCUT2D eigenvalue weighted by atomic mass is 10.2. The van der Waals surface area contributed by atoms with Gasteiger partial charge < -0.3 is 20.7 Å². The summed E-state index contributed by atoms with van der Waals surface area (Å²) in [6.07, 6.45) is 0. The van der Waals surface area contributed by atoms with Crippen LogP contribution in [0.25, 0.3) is 0 Å². The van der Waals surface area contributed by atoms with Crippen LogP contribution in [0.2, 0.25) is 5.02 Å². The molecule has 0 unspecified atom stereocenters. The largest absolute Gasteiger partial charge is 0.492 e. The second-order valence-electron chi connectivity index (χ2n) is 5.40. The van der Waals surface area contributed by atoms with Gasteiger partial charge in [0.05, 0.1) is 6.54 Å². The van der Waals surface area contributed by atoms with Crippen LogP contribution in [-0.2, 0) is 4.79 Å². The van der Waals surface area contributed by atoms with E-state index in [9.17, 15) is 9.59 Å². The molecule has 0 bridgehead atoms.